The zero-order valence-electron chi connectivity index (χ0n) is 8.07. The molecule has 76 valence electrons. The quantitative estimate of drug-likeness (QED) is 0.612. The summed E-state index contributed by atoms with van der Waals surface area (Å²) in [6, 6.07) is 0.500. The number of ether oxygens (including phenoxy) is 3. The van der Waals surface area contributed by atoms with Crippen LogP contribution < -0.4 is 0 Å². The van der Waals surface area contributed by atoms with E-state index in [0.717, 1.165) is 32.8 Å². The van der Waals surface area contributed by atoms with E-state index < -0.39 is 0 Å². The van der Waals surface area contributed by atoms with Crippen LogP contribution in [0, 0.1) is 0 Å². The molecule has 0 saturated carbocycles. The molecular formula is C9H17NO3. The Kier molecular flexibility index (Phi) is 3.16. The Morgan fingerprint density at radius 1 is 1.31 bits per heavy atom. The van der Waals surface area contributed by atoms with Gasteiger partial charge in [0.15, 0.2) is 0 Å². The standard InChI is InChI=1S/C9H17NO3/c1-10-2-3-11-5-8(10)4-9-6-12-7-13-9/h8-9H,2-7H2,1H3. The highest BCUT2D eigenvalue weighted by Crippen LogP contribution is 2.15. The summed E-state index contributed by atoms with van der Waals surface area (Å²) in [4.78, 5) is 2.34. The van der Waals surface area contributed by atoms with E-state index in [-0.39, 0.29) is 6.10 Å². The van der Waals surface area contributed by atoms with Gasteiger partial charge in [-0.25, -0.2) is 0 Å². The van der Waals surface area contributed by atoms with Crippen molar-refractivity contribution in [3.8, 4) is 0 Å². The van der Waals surface area contributed by atoms with Crippen LogP contribution in [0.25, 0.3) is 0 Å². The van der Waals surface area contributed by atoms with Crippen LogP contribution in [-0.4, -0.2) is 57.3 Å². The molecule has 4 heteroatoms. The Morgan fingerprint density at radius 2 is 2.23 bits per heavy atom. The molecule has 2 unspecified atom stereocenters. The molecule has 2 aliphatic rings. The first-order valence-electron chi connectivity index (χ1n) is 4.83. The Morgan fingerprint density at radius 3 is 2.92 bits per heavy atom. The number of morpholine rings is 1. The average molecular weight is 187 g/mol. The second-order valence-corrected chi connectivity index (χ2v) is 3.72. The zero-order valence-corrected chi connectivity index (χ0v) is 8.07. The van der Waals surface area contributed by atoms with Gasteiger partial charge in [0.25, 0.3) is 0 Å². The van der Waals surface area contributed by atoms with Crippen LogP contribution >= 0.6 is 0 Å². The fourth-order valence-corrected chi connectivity index (χ4v) is 1.80. The van der Waals surface area contributed by atoms with E-state index in [9.17, 15) is 0 Å². The summed E-state index contributed by atoms with van der Waals surface area (Å²) in [6.07, 6.45) is 1.30. The van der Waals surface area contributed by atoms with E-state index in [1.165, 1.54) is 0 Å². The third-order valence-electron chi connectivity index (χ3n) is 2.75. The number of likely N-dealkylation sites (N-methyl/N-ethyl adjacent to an activating group) is 1. The second kappa shape index (κ2) is 4.37. The van der Waals surface area contributed by atoms with Crippen molar-refractivity contribution >= 4 is 0 Å². The molecule has 0 aromatic heterocycles. The van der Waals surface area contributed by atoms with Gasteiger partial charge in [-0.2, -0.15) is 0 Å². The first-order valence-corrected chi connectivity index (χ1v) is 4.83. The lowest BCUT2D eigenvalue weighted by molar-refractivity contribution is -0.0195. The minimum absolute atomic E-state index is 0.272. The van der Waals surface area contributed by atoms with Crippen molar-refractivity contribution in [2.75, 3.05) is 40.2 Å². The minimum Gasteiger partial charge on any atom is -0.378 e. The molecule has 2 rings (SSSR count). The molecule has 0 spiro atoms. The largest absolute Gasteiger partial charge is 0.378 e. The third-order valence-corrected chi connectivity index (χ3v) is 2.75. The summed E-state index contributed by atoms with van der Waals surface area (Å²) >= 11 is 0. The smallest absolute Gasteiger partial charge is 0.147 e. The third kappa shape index (κ3) is 2.40. The van der Waals surface area contributed by atoms with Gasteiger partial charge in [0.1, 0.15) is 6.79 Å². The van der Waals surface area contributed by atoms with Gasteiger partial charge in [-0.15, -0.1) is 0 Å². The topological polar surface area (TPSA) is 30.9 Å². The summed E-state index contributed by atoms with van der Waals surface area (Å²) in [5.74, 6) is 0. The van der Waals surface area contributed by atoms with E-state index in [1.54, 1.807) is 0 Å². The van der Waals surface area contributed by atoms with E-state index in [1.807, 2.05) is 0 Å². The lowest BCUT2D eigenvalue weighted by Crippen LogP contribution is -2.44. The molecule has 0 amide bonds. The number of nitrogens with zero attached hydrogens (tertiary/aromatic N) is 1. The molecule has 0 radical (unpaired) electrons. The van der Waals surface area contributed by atoms with E-state index in [0.29, 0.717) is 12.8 Å². The summed E-state index contributed by atoms with van der Waals surface area (Å²) in [5.41, 5.74) is 0. The molecule has 0 bridgehead atoms. The van der Waals surface area contributed by atoms with Gasteiger partial charge >= 0.3 is 0 Å². The van der Waals surface area contributed by atoms with Crippen molar-refractivity contribution in [1.82, 2.24) is 4.90 Å². The van der Waals surface area contributed by atoms with Crippen molar-refractivity contribution in [3.63, 3.8) is 0 Å². The molecule has 0 aliphatic carbocycles. The second-order valence-electron chi connectivity index (χ2n) is 3.72. The molecule has 2 atom stereocenters. The molecule has 2 saturated heterocycles. The molecule has 0 aromatic rings. The van der Waals surface area contributed by atoms with Gasteiger partial charge in [-0.05, 0) is 13.5 Å². The van der Waals surface area contributed by atoms with Crippen LogP contribution in [0.4, 0.5) is 0 Å². The van der Waals surface area contributed by atoms with Gasteiger partial charge in [0, 0.05) is 12.6 Å². The predicted molar refractivity (Wildman–Crippen MR) is 47.5 cm³/mol. The van der Waals surface area contributed by atoms with Gasteiger partial charge in [-0.1, -0.05) is 0 Å². The van der Waals surface area contributed by atoms with Gasteiger partial charge in [-0.3, -0.25) is 4.90 Å². The van der Waals surface area contributed by atoms with Gasteiger partial charge in [0.05, 0.1) is 25.9 Å². The molecule has 2 heterocycles. The molecule has 0 aromatic carbocycles. The van der Waals surface area contributed by atoms with Gasteiger partial charge in [0.2, 0.25) is 0 Å². The summed E-state index contributed by atoms with van der Waals surface area (Å²) in [7, 11) is 2.14. The van der Waals surface area contributed by atoms with Crippen LogP contribution in [0.2, 0.25) is 0 Å². The first-order chi connectivity index (χ1) is 6.36. The number of rotatable bonds is 2. The molecular weight excluding hydrogens is 170 g/mol. The maximum atomic E-state index is 5.42. The highest BCUT2D eigenvalue weighted by Gasteiger charge is 2.26. The van der Waals surface area contributed by atoms with Crippen LogP contribution in [0.1, 0.15) is 6.42 Å². The number of hydrogen-bond acceptors (Lipinski definition) is 4. The average Bonchev–Trinajstić information content (AvgIpc) is 2.61. The van der Waals surface area contributed by atoms with Crippen molar-refractivity contribution in [2.45, 2.75) is 18.6 Å². The monoisotopic (exact) mass is 187 g/mol. The minimum atomic E-state index is 0.272. The summed E-state index contributed by atoms with van der Waals surface area (Å²) in [5, 5.41) is 0. The maximum Gasteiger partial charge on any atom is 0.147 e. The Bertz CT molecular complexity index is 159. The SMILES string of the molecule is CN1CCOCC1CC1COCO1. The Balaban J connectivity index is 1.78. The predicted octanol–water partition coefficient (Wildman–Crippen LogP) is 0.0800. The lowest BCUT2D eigenvalue weighted by Gasteiger charge is -2.33. The lowest BCUT2D eigenvalue weighted by atomic mass is 10.1. The molecule has 13 heavy (non-hydrogen) atoms. The van der Waals surface area contributed by atoms with Crippen molar-refractivity contribution in [2.24, 2.45) is 0 Å². The Hall–Kier alpha value is -0.160. The van der Waals surface area contributed by atoms with E-state index >= 15 is 0 Å². The molecule has 0 N–H and O–H groups in total. The highest BCUT2D eigenvalue weighted by molar-refractivity contribution is 4.77. The maximum absolute atomic E-state index is 5.42. The van der Waals surface area contributed by atoms with Crippen LogP contribution in [-0.2, 0) is 14.2 Å². The fraction of sp³-hybridized carbons (Fsp3) is 1.00. The van der Waals surface area contributed by atoms with Crippen molar-refractivity contribution < 1.29 is 14.2 Å². The zero-order chi connectivity index (χ0) is 9.10. The van der Waals surface area contributed by atoms with E-state index in [2.05, 4.69) is 11.9 Å². The normalized spacial score (nSPS) is 36.7. The van der Waals surface area contributed by atoms with Crippen molar-refractivity contribution in [1.29, 1.82) is 0 Å². The molecule has 4 nitrogen and oxygen atoms in total. The van der Waals surface area contributed by atoms with Gasteiger partial charge < -0.3 is 14.2 Å². The molecule has 2 fully saturated rings. The number of hydrogen-bond donors (Lipinski definition) is 0. The van der Waals surface area contributed by atoms with Crippen LogP contribution in [0.5, 0.6) is 0 Å². The Labute approximate surface area is 78.7 Å². The van der Waals surface area contributed by atoms with Crippen LogP contribution in [0.15, 0.2) is 0 Å². The molecule has 2 aliphatic heterocycles. The highest BCUT2D eigenvalue weighted by atomic mass is 16.7. The summed E-state index contributed by atoms with van der Waals surface area (Å²) in [6.45, 7) is 3.91. The summed E-state index contributed by atoms with van der Waals surface area (Å²) < 4.78 is 16.0. The van der Waals surface area contributed by atoms with Crippen molar-refractivity contribution in [3.05, 3.63) is 0 Å². The first kappa shape index (κ1) is 9.40. The van der Waals surface area contributed by atoms with Crippen LogP contribution in [0.3, 0.4) is 0 Å². The fourth-order valence-electron chi connectivity index (χ4n) is 1.80. The van der Waals surface area contributed by atoms with E-state index in [4.69, 9.17) is 14.2 Å².